The van der Waals surface area contributed by atoms with E-state index in [-0.39, 0.29) is 11.7 Å². The van der Waals surface area contributed by atoms with Crippen molar-refractivity contribution in [2.24, 2.45) is 0 Å². The van der Waals surface area contributed by atoms with Gasteiger partial charge in [0.2, 0.25) is 5.91 Å². The Morgan fingerprint density at radius 1 is 1.33 bits per heavy atom. The summed E-state index contributed by atoms with van der Waals surface area (Å²) in [6.07, 6.45) is 4.55. The van der Waals surface area contributed by atoms with E-state index in [1.807, 2.05) is 0 Å². The van der Waals surface area contributed by atoms with Crippen LogP contribution >= 0.6 is 0 Å². The minimum absolute atomic E-state index is 0.150. The molecular weight excluding hydrogens is 226 g/mol. The zero-order chi connectivity index (χ0) is 13.2. The first-order valence-electron chi connectivity index (χ1n) is 7.48. The summed E-state index contributed by atoms with van der Waals surface area (Å²) < 4.78 is 0. The zero-order valence-corrected chi connectivity index (χ0v) is 12.0. The van der Waals surface area contributed by atoms with Gasteiger partial charge in [0.15, 0.2) is 0 Å². The van der Waals surface area contributed by atoms with Gasteiger partial charge < -0.3 is 9.80 Å². The van der Waals surface area contributed by atoms with Gasteiger partial charge in [0.25, 0.3) is 0 Å². The largest absolute Gasteiger partial charge is 0.324 e. The number of hydrogen-bond donors (Lipinski definition) is 1. The zero-order valence-electron chi connectivity index (χ0n) is 12.0. The topological polar surface area (TPSA) is 35.6 Å². The maximum atomic E-state index is 12.4. The maximum Gasteiger partial charge on any atom is 0.244 e. The van der Waals surface area contributed by atoms with E-state index < -0.39 is 0 Å². The molecule has 4 heteroatoms. The van der Waals surface area contributed by atoms with Gasteiger partial charge in [-0.3, -0.25) is 10.1 Å². The molecule has 2 rings (SSSR count). The third-order valence-electron chi connectivity index (χ3n) is 4.35. The molecule has 1 spiro atoms. The molecule has 1 aliphatic heterocycles. The Labute approximate surface area is 111 Å². The lowest BCUT2D eigenvalue weighted by Gasteiger charge is -2.27. The molecule has 104 valence electrons. The van der Waals surface area contributed by atoms with Crippen molar-refractivity contribution in [3.05, 3.63) is 0 Å². The summed E-state index contributed by atoms with van der Waals surface area (Å²) in [6, 6.07) is 0. The predicted molar refractivity (Wildman–Crippen MR) is 73.3 cm³/mol. The van der Waals surface area contributed by atoms with Crippen LogP contribution in [0.2, 0.25) is 0 Å². The van der Waals surface area contributed by atoms with Crippen LogP contribution in [-0.4, -0.2) is 53.6 Å². The number of rotatable bonds is 7. The Hall–Kier alpha value is -0.610. The fourth-order valence-electron chi connectivity index (χ4n) is 2.91. The van der Waals surface area contributed by atoms with Gasteiger partial charge in [-0.2, -0.15) is 0 Å². The number of nitrogens with one attached hydrogen (secondary N) is 1. The van der Waals surface area contributed by atoms with Crippen LogP contribution in [0.15, 0.2) is 0 Å². The number of hydrogen-bond acceptors (Lipinski definition) is 3. The average Bonchev–Trinajstić information content (AvgIpc) is 3.10. The van der Waals surface area contributed by atoms with Gasteiger partial charge in [-0.05, 0) is 32.4 Å². The van der Waals surface area contributed by atoms with E-state index >= 15 is 0 Å². The molecule has 1 saturated carbocycles. The van der Waals surface area contributed by atoms with Gasteiger partial charge in [0.05, 0.1) is 11.7 Å². The highest BCUT2D eigenvalue weighted by molar-refractivity contribution is 5.91. The van der Waals surface area contributed by atoms with Gasteiger partial charge in [-0.25, -0.2) is 0 Å². The molecule has 18 heavy (non-hydrogen) atoms. The number of carbonyl (C=O) groups excluding carboxylic acids is 1. The van der Waals surface area contributed by atoms with Gasteiger partial charge in [0.1, 0.15) is 0 Å². The molecule has 0 aromatic rings. The highest BCUT2D eigenvalue weighted by Crippen LogP contribution is 2.42. The Bertz CT molecular complexity index is 297. The Kier molecular flexibility index (Phi) is 4.28. The van der Waals surface area contributed by atoms with Gasteiger partial charge in [-0.1, -0.05) is 27.2 Å². The summed E-state index contributed by atoms with van der Waals surface area (Å²) in [7, 11) is 0. The lowest BCUT2D eigenvalue weighted by atomic mass is 10.2. The van der Waals surface area contributed by atoms with E-state index in [2.05, 4.69) is 35.9 Å². The van der Waals surface area contributed by atoms with Gasteiger partial charge >= 0.3 is 0 Å². The maximum absolute atomic E-state index is 12.4. The summed E-state index contributed by atoms with van der Waals surface area (Å²) in [6.45, 7) is 10.5. The average molecular weight is 253 g/mol. The van der Waals surface area contributed by atoms with E-state index in [0.717, 1.165) is 51.9 Å². The van der Waals surface area contributed by atoms with Crippen molar-refractivity contribution in [3.63, 3.8) is 0 Å². The molecule has 1 N–H and O–H groups in total. The highest BCUT2D eigenvalue weighted by Gasteiger charge is 2.58. The third kappa shape index (κ3) is 2.54. The van der Waals surface area contributed by atoms with Crippen LogP contribution < -0.4 is 5.32 Å². The van der Waals surface area contributed by atoms with E-state index in [4.69, 9.17) is 0 Å². The smallest absolute Gasteiger partial charge is 0.244 e. The summed E-state index contributed by atoms with van der Waals surface area (Å²) in [5.41, 5.74) is -0.150. The first-order chi connectivity index (χ1) is 8.66. The second-order valence-corrected chi connectivity index (χ2v) is 5.56. The summed E-state index contributed by atoms with van der Waals surface area (Å²) in [4.78, 5) is 16.9. The molecule has 4 nitrogen and oxygen atoms in total. The van der Waals surface area contributed by atoms with Crippen molar-refractivity contribution in [1.82, 2.24) is 15.1 Å². The summed E-state index contributed by atoms with van der Waals surface area (Å²) >= 11 is 0. The van der Waals surface area contributed by atoms with E-state index in [1.54, 1.807) is 0 Å². The van der Waals surface area contributed by atoms with E-state index in [9.17, 15) is 4.79 Å². The second-order valence-electron chi connectivity index (χ2n) is 5.56. The fraction of sp³-hybridized carbons (Fsp3) is 0.929. The molecule has 0 bridgehead atoms. The molecule has 0 aromatic heterocycles. The van der Waals surface area contributed by atoms with E-state index in [1.165, 1.54) is 0 Å². The Balaban J connectivity index is 1.93. The molecule has 1 amide bonds. The molecule has 1 saturated heterocycles. The van der Waals surface area contributed by atoms with Crippen LogP contribution in [0.25, 0.3) is 0 Å². The molecule has 1 aliphatic carbocycles. The minimum Gasteiger partial charge on any atom is -0.324 e. The van der Waals surface area contributed by atoms with Gasteiger partial charge in [0, 0.05) is 13.1 Å². The first kappa shape index (κ1) is 13.8. The number of amides is 1. The highest BCUT2D eigenvalue weighted by atomic mass is 16.2. The number of carbonyl (C=O) groups is 1. The van der Waals surface area contributed by atoms with Gasteiger partial charge in [-0.15, -0.1) is 0 Å². The van der Waals surface area contributed by atoms with Crippen LogP contribution in [0.5, 0.6) is 0 Å². The van der Waals surface area contributed by atoms with Crippen molar-refractivity contribution >= 4 is 5.91 Å². The first-order valence-corrected chi connectivity index (χ1v) is 7.48. The van der Waals surface area contributed by atoms with Crippen molar-refractivity contribution in [3.8, 4) is 0 Å². The molecular formula is C14H27N3O. The molecule has 2 fully saturated rings. The van der Waals surface area contributed by atoms with Crippen LogP contribution in [0.1, 0.15) is 46.5 Å². The molecule has 1 unspecified atom stereocenters. The Morgan fingerprint density at radius 2 is 2.00 bits per heavy atom. The summed E-state index contributed by atoms with van der Waals surface area (Å²) in [5, 5.41) is 3.56. The quantitative estimate of drug-likeness (QED) is 0.745. The molecule has 2 aliphatic rings. The van der Waals surface area contributed by atoms with Crippen molar-refractivity contribution in [2.75, 3.05) is 26.2 Å². The standard InChI is InChI=1S/C14H27N3O/c1-4-7-12-15-14(8-9-14)13(18)17(12)11-10-16(5-2)6-3/h12,15H,4-11H2,1-3H3. The predicted octanol–water partition coefficient (Wildman–Crippen LogP) is 1.42. The number of nitrogens with zero attached hydrogens (tertiary/aromatic N) is 2. The molecule has 1 atom stereocenters. The molecule has 1 heterocycles. The number of likely N-dealkylation sites (N-methyl/N-ethyl adjacent to an activating group) is 1. The lowest BCUT2D eigenvalue weighted by molar-refractivity contribution is -0.131. The second kappa shape index (κ2) is 5.57. The van der Waals surface area contributed by atoms with E-state index in [0.29, 0.717) is 5.91 Å². The fourth-order valence-corrected chi connectivity index (χ4v) is 2.91. The summed E-state index contributed by atoms with van der Waals surface area (Å²) in [5.74, 6) is 0.355. The normalized spacial score (nSPS) is 25.4. The third-order valence-corrected chi connectivity index (χ3v) is 4.35. The Morgan fingerprint density at radius 3 is 2.50 bits per heavy atom. The lowest BCUT2D eigenvalue weighted by Crippen LogP contribution is -2.42. The van der Waals surface area contributed by atoms with Crippen LogP contribution in [0.3, 0.4) is 0 Å². The molecule has 0 radical (unpaired) electrons. The van der Waals surface area contributed by atoms with Crippen LogP contribution in [0, 0.1) is 0 Å². The van der Waals surface area contributed by atoms with Crippen LogP contribution in [-0.2, 0) is 4.79 Å². The minimum atomic E-state index is -0.150. The SMILES string of the molecule is CCCC1NC2(CC2)C(=O)N1CCN(CC)CC. The van der Waals surface area contributed by atoms with Crippen molar-refractivity contribution < 1.29 is 4.79 Å². The van der Waals surface area contributed by atoms with Crippen molar-refractivity contribution in [1.29, 1.82) is 0 Å². The van der Waals surface area contributed by atoms with Crippen molar-refractivity contribution in [2.45, 2.75) is 58.2 Å². The van der Waals surface area contributed by atoms with Crippen LogP contribution in [0.4, 0.5) is 0 Å². The monoisotopic (exact) mass is 253 g/mol. The molecule has 0 aromatic carbocycles.